The molecule has 22 heavy (non-hydrogen) atoms. The van der Waals surface area contributed by atoms with E-state index in [4.69, 9.17) is 11.6 Å². The Morgan fingerprint density at radius 2 is 2.14 bits per heavy atom. The van der Waals surface area contributed by atoms with E-state index in [1.807, 2.05) is 42.6 Å². The summed E-state index contributed by atoms with van der Waals surface area (Å²) in [6.45, 7) is 1.36. The molecule has 1 aliphatic heterocycles. The summed E-state index contributed by atoms with van der Waals surface area (Å²) in [5.41, 5.74) is 1.87. The molecule has 2 aromatic rings. The van der Waals surface area contributed by atoms with E-state index in [0.29, 0.717) is 18.1 Å². The van der Waals surface area contributed by atoms with Gasteiger partial charge in [0.2, 0.25) is 5.91 Å². The normalized spacial score (nSPS) is 18.5. The number of anilines is 1. The highest BCUT2D eigenvalue weighted by molar-refractivity contribution is 6.33. The molecule has 1 aliphatic rings. The molecule has 0 radical (unpaired) electrons. The first-order valence-electron chi connectivity index (χ1n) is 7.44. The molecular weight excluding hydrogens is 298 g/mol. The van der Waals surface area contributed by atoms with Crippen LogP contribution < -0.4 is 10.2 Å². The SMILES string of the molecule is O=C1[C@H](NCc2cccnc2)CCCN1c1ccccc1Cl. The standard InChI is InChI=1S/C17H18ClN3O/c18-14-6-1-2-8-16(14)21-10-4-7-15(17(21)22)20-12-13-5-3-9-19-11-13/h1-3,5-6,8-9,11,15,20H,4,7,10,12H2/t15-/m1/s1. The van der Waals surface area contributed by atoms with Gasteiger partial charge >= 0.3 is 0 Å². The zero-order valence-corrected chi connectivity index (χ0v) is 13.0. The van der Waals surface area contributed by atoms with Crippen LogP contribution in [-0.4, -0.2) is 23.5 Å². The molecule has 2 heterocycles. The maximum absolute atomic E-state index is 12.7. The van der Waals surface area contributed by atoms with Gasteiger partial charge in [0, 0.05) is 25.5 Å². The number of carbonyl (C=O) groups is 1. The van der Waals surface area contributed by atoms with Crippen LogP contribution in [0.25, 0.3) is 0 Å². The minimum absolute atomic E-state index is 0.0863. The molecule has 1 N–H and O–H groups in total. The van der Waals surface area contributed by atoms with Crippen molar-refractivity contribution in [3.05, 3.63) is 59.4 Å². The number of nitrogens with one attached hydrogen (secondary N) is 1. The monoisotopic (exact) mass is 315 g/mol. The Morgan fingerprint density at radius 1 is 1.27 bits per heavy atom. The number of para-hydroxylation sites is 1. The van der Waals surface area contributed by atoms with Gasteiger partial charge in [-0.3, -0.25) is 9.78 Å². The quantitative estimate of drug-likeness (QED) is 0.943. The average Bonchev–Trinajstić information content (AvgIpc) is 2.56. The minimum Gasteiger partial charge on any atom is -0.310 e. The summed E-state index contributed by atoms with van der Waals surface area (Å²) in [6.07, 6.45) is 5.36. The van der Waals surface area contributed by atoms with Crippen molar-refractivity contribution in [1.29, 1.82) is 0 Å². The minimum atomic E-state index is -0.176. The van der Waals surface area contributed by atoms with Crippen molar-refractivity contribution in [2.45, 2.75) is 25.4 Å². The molecule has 0 bridgehead atoms. The van der Waals surface area contributed by atoms with Crippen molar-refractivity contribution in [1.82, 2.24) is 10.3 Å². The smallest absolute Gasteiger partial charge is 0.244 e. The first-order valence-corrected chi connectivity index (χ1v) is 7.81. The Balaban J connectivity index is 1.69. The lowest BCUT2D eigenvalue weighted by Crippen LogP contribution is -2.50. The van der Waals surface area contributed by atoms with E-state index in [0.717, 1.165) is 24.1 Å². The first-order chi connectivity index (χ1) is 10.8. The number of carbonyl (C=O) groups excluding carboxylic acids is 1. The van der Waals surface area contributed by atoms with Crippen LogP contribution in [0.15, 0.2) is 48.8 Å². The van der Waals surface area contributed by atoms with Crippen molar-refractivity contribution < 1.29 is 4.79 Å². The second-order valence-electron chi connectivity index (χ2n) is 5.38. The number of rotatable bonds is 4. The maximum atomic E-state index is 12.7. The highest BCUT2D eigenvalue weighted by Crippen LogP contribution is 2.28. The number of benzene rings is 1. The van der Waals surface area contributed by atoms with Gasteiger partial charge in [0.15, 0.2) is 0 Å². The van der Waals surface area contributed by atoms with Gasteiger partial charge in [-0.2, -0.15) is 0 Å². The second-order valence-corrected chi connectivity index (χ2v) is 5.79. The number of halogens is 1. The first kappa shape index (κ1) is 15.0. The summed E-state index contributed by atoms with van der Waals surface area (Å²) >= 11 is 6.22. The lowest BCUT2D eigenvalue weighted by Gasteiger charge is -2.33. The van der Waals surface area contributed by atoms with E-state index < -0.39 is 0 Å². The molecule has 3 rings (SSSR count). The van der Waals surface area contributed by atoms with Crippen LogP contribution in [0.5, 0.6) is 0 Å². The van der Waals surface area contributed by atoms with Crippen LogP contribution >= 0.6 is 11.6 Å². The van der Waals surface area contributed by atoms with Gasteiger partial charge in [-0.05, 0) is 36.6 Å². The summed E-state index contributed by atoms with van der Waals surface area (Å²) in [5.74, 6) is 0.0863. The van der Waals surface area contributed by atoms with E-state index in [9.17, 15) is 4.79 Å². The molecule has 0 saturated carbocycles. The molecule has 1 atom stereocenters. The topological polar surface area (TPSA) is 45.2 Å². The molecule has 114 valence electrons. The summed E-state index contributed by atoms with van der Waals surface area (Å²) < 4.78 is 0. The third-order valence-corrected chi connectivity index (χ3v) is 4.18. The van der Waals surface area contributed by atoms with Gasteiger partial charge in [0.25, 0.3) is 0 Å². The number of hydrogen-bond donors (Lipinski definition) is 1. The fraction of sp³-hybridized carbons (Fsp3) is 0.294. The summed E-state index contributed by atoms with van der Waals surface area (Å²) in [7, 11) is 0. The number of pyridine rings is 1. The molecule has 1 aromatic heterocycles. The van der Waals surface area contributed by atoms with Crippen LogP contribution in [0.4, 0.5) is 5.69 Å². The lowest BCUT2D eigenvalue weighted by molar-refractivity contribution is -0.121. The molecule has 1 fully saturated rings. The Hall–Kier alpha value is -1.91. The van der Waals surface area contributed by atoms with Crippen molar-refractivity contribution in [3.63, 3.8) is 0 Å². The predicted molar refractivity (Wildman–Crippen MR) is 87.9 cm³/mol. The Labute approximate surface area is 135 Å². The van der Waals surface area contributed by atoms with Crippen LogP contribution in [0.1, 0.15) is 18.4 Å². The van der Waals surface area contributed by atoms with Crippen LogP contribution in [0.2, 0.25) is 5.02 Å². The summed E-state index contributed by atoms with van der Waals surface area (Å²) in [5, 5.41) is 3.95. The van der Waals surface area contributed by atoms with E-state index >= 15 is 0 Å². The van der Waals surface area contributed by atoms with Gasteiger partial charge in [0.05, 0.1) is 16.8 Å². The fourth-order valence-electron chi connectivity index (χ4n) is 2.72. The van der Waals surface area contributed by atoms with Gasteiger partial charge in [-0.15, -0.1) is 0 Å². The molecule has 4 nitrogen and oxygen atoms in total. The van der Waals surface area contributed by atoms with E-state index in [1.165, 1.54) is 0 Å². The Bertz CT molecular complexity index is 647. The number of amides is 1. The molecule has 1 amide bonds. The van der Waals surface area contributed by atoms with E-state index in [2.05, 4.69) is 10.3 Å². The molecule has 0 spiro atoms. The average molecular weight is 316 g/mol. The zero-order chi connectivity index (χ0) is 15.4. The molecule has 5 heteroatoms. The predicted octanol–water partition coefficient (Wildman–Crippen LogP) is 3.02. The van der Waals surface area contributed by atoms with Crippen molar-refractivity contribution in [2.24, 2.45) is 0 Å². The maximum Gasteiger partial charge on any atom is 0.244 e. The molecule has 1 aromatic carbocycles. The number of piperidine rings is 1. The van der Waals surface area contributed by atoms with Gasteiger partial charge in [-0.1, -0.05) is 29.8 Å². The third-order valence-electron chi connectivity index (χ3n) is 3.86. The van der Waals surface area contributed by atoms with Crippen molar-refractivity contribution in [2.75, 3.05) is 11.4 Å². The molecule has 0 unspecified atom stereocenters. The Morgan fingerprint density at radius 3 is 2.91 bits per heavy atom. The molecular formula is C17H18ClN3O. The van der Waals surface area contributed by atoms with Gasteiger partial charge in [0.1, 0.15) is 0 Å². The third kappa shape index (κ3) is 3.29. The van der Waals surface area contributed by atoms with Crippen molar-refractivity contribution in [3.8, 4) is 0 Å². The van der Waals surface area contributed by atoms with Crippen LogP contribution in [0, 0.1) is 0 Å². The van der Waals surface area contributed by atoms with Crippen LogP contribution in [-0.2, 0) is 11.3 Å². The Kier molecular flexibility index (Phi) is 4.71. The zero-order valence-electron chi connectivity index (χ0n) is 12.2. The largest absolute Gasteiger partial charge is 0.310 e. The molecule has 1 saturated heterocycles. The number of hydrogen-bond acceptors (Lipinski definition) is 3. The highest BCUT2D eigenvalue weighted by Gasteiger charge is 2.30. The van der Waals surface area contributed by atoms with Crippen molar-refractivity contribution >= 4 is 23.2 Å². The van der Waals surface area contributed by atoms with Crippen LogP contribution in [0.3, 0.4) is 0 Å². The van der Waals surface area contributed by atoms with E-state index in [1.54, 1.807) is 11.1 Å². The second kappa shape index (κ2) is 6.90. The number of aromatic nitrogens is 1. The van der Waals surface area contributed by atoms with Gasteiger partial charge in [-0.25, -0.2) is 0 Å². The number of nitrogens with zero attached hydrogens (tertiary/aromatic N) is 2. The highest BCUT2D eigenvalue weighted by atomic mass is 35.5. The fourth-order valence-corrected chi connectivity index (χ4v) is 2.96. The lowest BCUT2D eigenvalue weighted by atomic mass is 10.0. The summed E-state index contributed by atoms with van der Waals surface area (Å²) in [6, 6.07) is 11.2. The molecule has 0 aliphatic carbocycles. The van der Waals surface area contributed by atoms with Gasteiger partial charge < -0.3 is 10.2 Å². The summed E-state index contributed by atoms with van der Waals surface area (Å²) in [4.78, 5) is 18.6. The van der Waals surface area contributed by atoms with E-state index in [-0.39, 0.29) is 11.9 Å².